The number of carbonyl (C=O) groups excluding carboxylic acids is 2. The van der Waals surface area contributed by atoms with Gasteiger partial charge in [-0.2, -0.15) is 5.10 Å². The van der Waals surface area contributed by atoms with E-state index < -0.39 is 5.91 Å². The van der Waals surface area contributed by atoms with E-state index in [2.05, 4.69) is 25.7 Å². The first kappa shape index (κ1) is 20.0. The smallest absolute Gasteiger partial charge is 0.257 e. The molecule has 0 saturated heterocycles. The van der Waals surface area contributed by atoms with E-state index in [1.807, 2.05) is 31.2 Å². The molecule has 0 aliphatic rings. The molecule has 1 unspecified atom stereocenters. The number of fused-ring (bicyclic) bond motifs is 1. The van der Waals surface area contributed by atoms with Crippen LogP contribution in [-0.4, -0.2) is 38.1 Å². The fourth-order valence-corrected chi connectivity index (χ4v) is 3.23. The lowest BCUT2D eigenvalue weighted by molar-refractivity contribution is -0.120. The lowest BCUT2D eigenvalue weighted by Gasteiger charge is -2.15. The van der Waals surface area contributed by atoms with E-state index in [4.69, 9.17) is 0 Å². The second-order valence-electron chi connectivity index (χ2n) is 6.98. The second-order valence-corrected chi connectivity index (χ2v) is 6.98. The lowest BCUT2D eigenvalue weighted by Crippen LogP contribution is -2.39. The van der Waals surface area contributed by atoms with E-state index in [1.54, 1.807) is 35.3 Å². The van der Waals surface area contributed by atoms with Crippen LogP contribution in [0.3, 0.4) is 0 Å². The SMILES string of the molecule is CC(NC(=O)CNC(=O)c1c[nH]c2ccccc2c1=O)c1ccc(-n2cncn2)cc1. The summed E-state index contributed by atoms with van der Waals surface area (Å²) in [6.07, 6.45) is 4.41. The second kappa shape index (κ2) is 8.62. The number of rotatable bonds is 6. The van der Waals surface area contributed by atoms with Gasteiger partial charge in [0.15, 0.2) is 0 Å². The molecule has 0 saturated carbocycles. The molecule has 3 N–H and O–H groups in total. The molecule has 0 aliphatic carbocycles. The largest absolute Gasteiger partial charge is 0.360 e. The summed E-state index contributed by atoms with van der Waals surface area (Å²) in [5, 5.41) is 9.81. The third-order valence-electron chi connectivity index (χ3n) is 4.90. The van der Waals surface area contributed by atoms with Crippen LogP contribution in [0.1, 0.15) is 28.9 Å². The summed E-state index contributed by atoms with van der Waals surface area (Å²) < 4.78 is 1.64. The fourth-order valence-electron chi connectivity index (χ4n) is 3.23. The minimum absolute atomic E-state index is 0.0387. The van der Waals surface area contributed by atoms with Gasteiger partial charge in [-0.3, -0.25) is 14.4 Å². The van der Waals surface area contributed by atoms with Crippen molar-refractivity contribution in [2.24, 2.45) is 0 Å². The van der Waals surface area contributed by atoms with E-state index in [9.17, 15) is 14.4 Å². The molecular formula is C22H20N6O3. The third-order valence-corrected chi connectivity index (χ3v) is 4.90. The van der Waals surface area contributed by atoms with E-state index in [1.165, 1.54) is 12.5 Å². The molecule has 1 atom stereocenters. The number of aromatic nitrogens is 4. The van der Waals surface area contributed by atoms with Crippen LogP contribution < -0.4 is 16.1 Å². The van der Waals surface area contributed by atoms with Crippen molar-refractivity contribution in [3.8, 4) is 5.69 Å². The first-order valence-corrected chi connectivity index (χ1v) is 9.66. The predicted octanol–water partition coefficient (Wildman–Crippen LogP) is 1.72. The zero-order chi connectivity index (χ0) is 21.8. The molecule has 0 spiro atoms. The molecule has 4 rings (SSSR count). The first-order chi connectivity index (χ1) is 15.0. The van der Waals surface area contributed by atoms with Crippen molar-refractivity contribution in [2.45, 2.75) is 13.0 Å². The molecular weight excluding hydrogens is 396 g/mol. The van der Waals surface area contributed by atoms with Gasteiger partial charge in [0.1, 0.15) is 18.2 Å². The van der Waals surface area contributed by atoms with Gasteiger partial charge in [0, 0.05) is 17.1 Å². The maximum Gasteiger partial charge on any atom is 0.257 e. The highest BCUT2D eigenvalue weighted by Gasteiger charge is 2.15. The monoisotopic (exact) mass is 416 g/mol. The van der Waals surface area contributed by atoms with Crippen molar-refractivity contribution in [1.82, 2.24) is 30.4 Å². The van der Waals surface area contributed by atoms with Crippen LogP contribution in [0.15, 0.2) is 72.2 Å². The standard InChI is InChI=1S/C22H20N6O3/c1-14(15-6-8-16(9-7-15)28-13-23-12-26-28)27-20(29)11-25-22(31)18-10-24-19-5-3-2-4-17(19)21(18)30/h2-10,12-14H,11H2,1H3,(H,24,30)(H,25,31)(H,27,29). The fraction of sp³-hybridized carbons (Fsp3) is 0.136. The summed E-state index contributed by atoms with van der Waals surface area (Å²) in [7, 11) is 0. The quantitative estimate of drug-likeness (QED) is 0.442. The molecule has 156 valence electrons. The number of carbonyl (C=O) groups is 2. The van der Waals surface area contributed by atoms with Crippen molar-refractivity contribution in [3.63, 3.8) is 0 Å². The van der Waals surface area contributed by atoms with Gasteiger partial charge in [0.2, 0.25) is 11.3 Å². The molecule has 4 aromatic rings. The molecule has 2 aromatic heterocycles. The van der Waals surface area contributed by atoms with Crippen LogP contribution in [0, 0.1) is 0 Å². The first-order valence-electron chi connectivity index (χ1n) is 9.66. The molecule has 9 heteroatoms. The number of H-pyrrole nitrogens is 1. The Labute approximate surface area is 177 Å². The van der Waals surface area contributed by atoms with Crippen molar-refractivity contribution in [2.75, 3.05) is 6.54 Å². The highest BCUT2D eigenvalue weighted by Crippen LogP contribution is 2.15. The Morgan fingerprint density at radius 1 is 1.13 bits per heavy atom. The summed E-state index contributed by atoms with van der Waals surface area (Å²) in [6, 6.07) is 14.2. The molecule has 0 aliphatic heterocycles. The number of benzene rings is 2. The molecule has 9 nitrogen and oxygen atoms in total. The summed E-state index contributed by atoms with van der Waals surface area (Å²) in [6.45, 7) is 1.60. The Bertz CT molecular complexity index is 1280. The lowest BCUT2D eigenvalue weighted by atomic mass is 10.1. The number of nitrogens with one attached hydrogen (secondary N) is 3. The van der Waals surface area contributed by atoms with Crippen molar-refractivity contribution in [1.29, 1.82) is 0 Å². The van der Waals surface area contributed by atoms with Crippen LogP contribution >= 0.6 is 0 Å². The number of pyridine rings is 1. The normalized spacial score (nSPS) is 11.8. The topological polar surface area (TPSA) is 122 Å². The predicted molar refractivity (Wildman–Crippen MR) is 115 cm³/mol. The van der Waals surface area contributed by atoms with Crippen LogP contribution in [-0.2, 0) is 4.79 Å². The van der Waals surface area contributed by atoms with Crippen LogP contribution in [0.25, 0.3) is 16.6 Å². The van der Waals surface area contributed by atoms with Crippen molar-refractivity contribution >= 4 is 22.7 Å². The summed E-state index contributed by atoms with van der Waals surface area (Å²) >= 11 is 0. The van der Waals surface area contributed by atoms with Crippen LogP contribution in [0.5, 0.6) is 0 Å². The molecule has 0 bridgehead atoms. The van der Waals surface area contributed by atoms with E-state index in [-0.39, 0.29) is 29.5 Å². The van der Waals surface area contributed by atoms with Gasteiger partial charge in [-0.1, -0.05) is 24.3 Å². The zero-order valence-corrected chi connectivity index (χ0v) is 16.7. The average Bonchev–Trinajstić information content (AvgIpc) is 3.33. The maximum atomic E-state index is 12.5. The molecule has 2 heterocycles. The van der Waals surface area contributed by atoms with Gasteiger partial charge in [0.05, 0.1) is 18.3 Å². The van der Waals surface area contributed by atoms with Gasteiger partial charge < -0.3 is 15.6 Å². The Kier molecular flexibility index (Phi) is 5.57. The van der Waals surface area contributed by atoms with E-state index in [0.717, 1.165) is 11.3 Å². The Balaban J connectivity index is 1.35. The number of amides is 2. The van der Waals surface area contributed by atoms with Crippen molar-refractivity contribution < 1.29 is 9.59 Å². The van der Waals surface area contributed by atoms with E-state index >= 15 is 0 Å². The summed E-state index contributed by atoms with van der Waals surface area (Å²) in [5.74, 6) is -0.967. The molecule has 0 fully saturated rings. The van der Waals surface area contributed by atoms with Crippen molar-refractivity contribution in [3.05, 3.63) is 88.7 Å². The Morgan fingerprint density at radius 2 is 1.90 bits per heavy atom. The Morgan fingerprint density at radius 3 is 2.65 bits per heavy atom. The molecule has 0 radical (unpaired) electrons. The van der Waals surface area contributed by atoms with Gasteiger partial charge in [-0.25, -0.2) is 9.67 Å². The van der Waals surface area contributed by atoms with Gasteiger partial charge >= 0.3 is 0 Å². The highest BCUT2D eigenvalue weighted by atomic mass is 16.2. The summed E-state index contributed by atoms with van der Waals surface area (Å²) in [5.41, 5.74) is 1.98. The third kappa shape index (κ3) is 4.35. The molecule has 2 amide bonds. The van der Waals surface area contributed by atoms with Gasteiger partial charge in [-0.05, 0) is 36.8 Å². The average molecular weight is 416 g/mol. The number of aromatic amines is 1. The maximum absolute atomic E-state index is 12.5. The van der Waals surface area contributed by atoms with E-state index in [0.29, 0.717) is 10.9 Å². The minimum Gasteiger partial charge on any atom is -0.360 e. The number of hydrogen-bond acceptors (Lipinski definition) is 5. The van der Waals surface area contributed by atoms with Crippen LogP contribution in [0.4, 0.5) is 0 Å². The number of para-hydroxylation sites is 1. The number of nitrogens with zero attached hydrogens (tertiary/aromatic N) is 3. The summed E-state index contributed by atoms with van der Waals surface area (Å²) in [4.78, 5) is 44.0. The van der Waals surface area contributed by atoms with Gasteiger partial charge in [-0.15, -0.1) is 0 Å². The zero-order valence-electron chi connectivity index (χ0n) is 16.7. The Hall–Kier alpha value is -4.27. The van der Waals surface area contributed by atoms with Gasteiger partial charge in [0.25, 0.3) is 5.91 Å². The minimum atomic E-state index is -0.605. The molecule has 2 aromatic carbocycles. The number of hydrogen-bond donors (Lipinski definition) is 3. The van der Waals surface area contributed by atoms with Crippen LogP contribution in [0.2, 0.25) is 0 Å². The molecule has 31 heavy (non-hydrogen) atoms. The highest BCUT2D eigenvalue weighted by molar-refractivity contribution is 5.98.